The fraction of sp³-hybridized carbons (Fsp3) is 0.235. The maximum absolute atomic E-state index is 13.1. The van der Waals surface area contributed by atoms with Gasteiger partial charge >= 0.3 is 6.18 Å². The fourth-order valence-corrected chi connectivity index (χ4v) is 3.53. The van der Waals surface area contributed by atoms with Gasteiger partial charge in [-0.15, -0.1) is 0 Å². The number of amides is 1. The van der Waals surface area contributed by atoms with Crippen LogP contribution in [-0.4, -0.2) is 31.8 Å². The normalized spacial score (nSPS) is 13.5. The molecule has 0 bridgehead atoms. The van der Waals surface area contributed by atoms with Crippen molar-refractivity contribution in [3.8, 4) is 11.5 Å². The second kappa shape index (κ2) is 6.82. The van der Waals surface area contributed by atoms with Gasteiger partial charge in [0.2, 0.25) is 11.0 Å². The highest BCUT2D eigenvalue weighted by Gasteiger charge is 2.34. The quantitative estimate of drug-likeness (QED) is 0.715. The van der Waals surface area contributed by atoms with Crippen LogP contribution in [0.3, 0.4) is 0 Å². The zero-order chi connectivity index (χ0) is 19.9. The molecule has 0 saturated carbocycles. The monoisotopic (exact) mass is 406 g/mol. The molecule has 4 rings (SSSR count). The minimum absolute atomic E-state index is 0.0533. The van der Waals surface area contributed by atoms with E-state index in [1.54, 1.807) is 17.2 Å². The second-order valence-corrected chi connectivity index (χ2v) is 6.82. The topological polar surface area (TPSA) is 83.9 Å². The van der Waals surface area contributed by atoms with Crippen molar-refractivity contribution in [2.75, 3.05) is 16.8 Å². The number of alkyl halides is 3. The molecule has 0 spiro atoms. The number of rotatable bonds is 3. The average Bonchev–Trinajstić information content (AvgIpc) is 3.27. The molecule has 0 fully saturated rings. The van der Waals surface area contributed by atoms with E-state index in [4.69, 9.17) is 0 Å². The Balaban J connectivity index is 1.59. The zero-order valence-corrected chi connectivity index (χ0v) is 15.3. The Morgan fingerprint density at radius 3 is 2.89 bits per heavy atom. The van der Waals surface area contributed by atoms with Gasteiger partial charge in [0, 0.05) is 31.2 Å². The van der Waals surface area contributed by atoms with E-state index in [2.05, 4.69) is 24.6 Å². The van der Waals surface area contributed by atoms with Gasteiger partial charge in [-0.1, -0.05) is 0 Å². The van der Waals surface area contributed by atoms with Crippen LogP contribution in [0.25, 0.3) is 11.5 Å². The molecule has 7 nitrogen and oxygen atoms in total. The first-order chi connectivity index (χ1) is 13.3. The van der Waals surface area contributed by atoms with E-state index in [1.807, 2.05) is 0 Å². The SMILES string of the molecule is CC(=O)N1CCc2cc(-c3nsc(Nc4ncccc4C(F)(F)F)n3)ncc21. The average molecular weight is 406 g/mol. The molecule has 144 valence electrons. The van der Waals surface area contributed by atoms with Crippen LogP contribution >= 0.6 is 11.5 Å². The molecule has 0 radical (unpaired) electrons. The Bertz CT molecular complexity index is 1050. The molecule has 1 N–H and O–H groups in total. The minimum Gasteiger partial charge on any atom is -0.314 e. The van der Waals surface area contributed by atoms with Gasteiger partial charge in [0.1, 0.15) is 11.5 Å². The number of hydrogen-bond donors (Lipinski definition) is 1. The molecule has 3 aromatic rings. The number of pyridine rings is 2. The molecule has 0 saturated heterocycles. The van der Waals surface area contributed by atoms with E-state index in [1.165, 1.54) is 19.2 Å². The highest BCUT2D eigenvalue weighted by molar-refractivity contribution is 7.09. The number of carbonyl (C=O) groups is 1. The second-order valence-electron chi connectivity index (χ2n) is 6.06. The summed E-state index contributed by atoms with van der Waals surface area (Å²) in [6.07, 6.45) is -0.979. The van der Waals surface area contributed by atoms with Crippen LogP contribution in [0.2, 0.25) is 0 Å². The number of halogens is 3. The maximum atomic E-state index is 13.1. The lowest BCUT2D eigenvalue weighted by atomic mass is 10.2. The molecule has 11 heteroatoms. The van der Waals surface area contributed by atoms with E-state index < -0.39 is 11.7 Å². The lowest BCUT2D eigenvalue weighted by Gasteiger charge is -2.13. The van der Waals surface area contributed by atoms with Gasteiger partial charge in [-0.25, -0.2) is 4.98 Å². The Morgan fingerprint density at radius 1 is 1.32 bits per heavy atom. The zero-order valence-electron chi connectivity index (χ0n) is 14.5. The fourth-order valence-electron chi connectivity index (χ4n) is 2.95. The van der Waals surface area contributed by atoms with Gasteiger partial charge in [-0.3, -0.25) is 9.78 Å². The van der Waals surface area contributed by atoms with Gasteiger partial charge in [-0.05, 0) is 30.2 Å². The summed E-state index contributed by atoms with van der Waals surface area (Å²) in [5.41, 5.74) is 1.32. The summed E-state index contributed by atoms with van der Waals surface area (Å²) in [6, 6.07) is 3.96. The smallest absolute Gasteiger partial charge is 0.314 e. The Morgan fingerprint density at radius 2 is 2.14 bits per heavy atom. The Hall–Kier alpha value is -3.08. The standard InChI is InChI=1S/C17H13F3N6OS/c1-9(27)26-6-4-10-7-12(22-8-13(10)26)15-24-16(28-25-15)23-14-11(17(18,19)20)3-2-5-21-14/h2-3,5,7-8H,4,6H2,1H3,(H,21,23,24,25). The summed E-state index contributed by atoms with van der Waals surface area (Å²) in [4.78, 5) is 25.5. The third-order valence-corrected chi connectivity index (χ3v) is 4.87. The molecular weight excluding hydrogens is 393 g/mol. The molecule has 0 aliphatic carbocycles. The van der Waals surface area contributed by atoms with Crippen LogP contribution in [0, 0.1) is 0 Å². The Labute approximate surface area is 161 Å². The van der Waals surface area contributed by atoms with Gasteiger partial charge < -0.3 is 10.2 Å². The summed E-state index contributed by atoms with van der Waals surface area (Å²) in [5, 5.41) is 2.75. The molecular formula is C17H13F3N6OS. The molecule has 1 aliphatic rings. The molecule has 4 heterocycles. The first kappa shape index (κ1) is 18.3. The van der Waals surface area contributed by atoms with Crippen LogP contribution in [0.5, 0.6) is 0 Å². The van der Waals surface area contributed by atoms with Crippen molar-refractivity contribution in [1.82, 2.24) is 19.3 Å². The summed E-state index contributed by atoms with van der Waals surface area (Å²) in [7, 11) is 0. The van der Waals surface area contributed by atoms with Crippen LogP contribution in [0.4, 0.5) is 29.8 Å². The number of nitrogens with one attached hydrogen (secondary N) is 1. The lowest BCUT2D eigenvalue weighted by molar-refractivity contribution is -0.137. The first-order valence-electron chi connectivity index (χ1n) is 8.23. The third kappa shape index (κ3) is 3.40. The van der Waals surface area contributed by atoms with E-state index in [9.17, 15) is 18.0 Å². The van der Waals surface area contributed by atoms with E-state index >= 15 is 0 Å². The lowest BCUT2D eigenvalue weighted by Crippen LogP contribution is -2.25. The molecule has 3 aromatic heterocycles. The molecule has 0 atom stereocenters. The van der Waals surface area contributed by atoms with Crippen molar-refractivity contribution in [1.29, 1.82) is 0 Å². The van der Waals surface area contributed by atoms with Gasteiger partial charge in [0.25, 0.3) is 0 Å². The van der Waals surface area contributed by atoms with Gasteiger partial charge in [0.05, 0.1) is 17.4 Å². The predicted molar refractivity (Wildman–Crippen MR) is 97.4 cm³/mol. The molecule has 1 amide bonds. The number of hydrogen-bond acceptors (Lipinski definition) is 7. The van der Waals surface area contributed by atoms with Gasteiger partial charge in [0.15, 0.2) is 5.82 Å². The molecule has 0 aromatic carbocycles. The number of nitrogens with zero attached hydrogens (tertiary/aromatic N) is 5. The number of carbonyl (C=O) groups excluding carboxylic acids is 1. The van der Waals surface area contributed by atoms with Crippen molar-refractivity contribution in [3.63, 3.8) is 0 Å². The maximum Gasteiger partial charge on any atom is 0.419 e. The summed E-state index contributed by atoms with van der Waals surface area (Å²) >= 11 is 0.913. The highest BCUT2D eigenvalue weighted by atomic mass is 32.1. The largest absolute Gasteiger partial charge is 0.419 e. The van der Waals surface area contributed by atoms with Crippen molar-refractivity contribution in [2.45, 2.75) is 19.5 Å². The molecule has 1 aliphatic heterocycles. The summed E-state index contributed by atoms with van der Waals surface area (Å²) in [6.45, 7) is 2.09. The van der Waals surface area contributed by atoms with Gasteiger partial charge in [-0.2, -0.15) is 22.5 Å². The van der Waals surface area contributed by atoms with E-state index in [0.29, 0.717) is 24.5 Å². The molecule has 28 heavy (non-hydrogen) atoms. The summed E-state index contributed by atoms with van der Waals surface area (Å²) in [5.74, 6) is -0.0971. The van der Waals surface area contributed by atoms with Crippen LogP contribution in [0.15, 0.2) is 30.6 Å². The van der Waals surface area contributed by atoms with Crippen LogP contribution in [0.1, 0.15) is 18.1 Å². The van der Waals surface area contributed by atoms with Crippen molar-refractivity contribution in [2.24, 2.45) is 0 Å². The predicted octanol–water partition coefficient (Wildman–Crippen LogP) is 3.67. The first-order valence-corrected chi connectivity index (χ1v) is 9.00. The summed E-state index contributed by atoms with van der Waals surface area (Å²) < 4.78 is 43.4. The van der Waals surface area contributed by atoms with E-state index in [0.717, 1.165) is 28.8 Å². The van der Waals surface area contributed by atoms with Crippen LogP contribution in [-0.2, 0) is 17.4 Å². The highest BCUT2D eigenvalue weighted by Crippen LogP contribution is 2.35. The van der Waals surface area contributed by atoms with Crippen molar-refractivity contribution < 1.29 is 18.0 Å². The number of fused-ring (bicyclic) bond motifs is 1. The van der Waals surface area contributed by atoms with E-state index in [-0.39, 0.29) is 16.9 Å². The number of anilines is 3. The van der Waals surface area contributed by atoms with Crippen molar-refractivity contribution >= 4 is 34.1 Å². The third-order valence-electron chi connectivity index (χ3n) is 4.24. The minimum atomic E-state index is -4.53. The Kier molecular flexibility index (Phi) is 4.46. The molecule has 0 unspecified atom stereocenters. The van der Waals surface area contributed by atoms with Crippen molar-refractivity contribution in [3.05, 3.63) is 41.7 Å². The van der Waals surface area contributed by atoms with Crippen LogP contribution < -0.4 is 10.2 Å². The number of aromatic nitrogens is 4.